The van der Waals surface area contributed by atoms with Crippen molar-refractivity contribution in [2.75, 3.05) is 5.32 Å². The van der Waals surface area contributed by atoms with E-state index in [-0.39, 0.29) is 12.0 Å². The molecule has 1 aromatic heterocycles. The Balaban J connectivity index is 1.66. The summed E-state index contributed by atoms with van der Waals surface area (Å²) in [5.74, 6) is -0.607. The summed E-state index contributed by atoms with van der Waals surface area (Å²) < 4.78 is 13.5. The van der Waals surface area contributed by atoms with Crippen molar-refractivity contribution in [3.05, 3.63) is 70.9 Å². The molecule has 1 aliphatic rings. The van der Waals surface area contributed by atoms with Gasteiger partial charge in [0.25, 0.3) is 0 Å². The Kier molecular flexibility index (Phi) is 5.96. The Hall–Kier alpha value is -3.22. The molecule has 7 heteroatoms. The fraction of sp³-hybridized carbons (Fsp3) is 0.318. The van der Waals surface area contributed by atoms with Gasteiger partial charge in [-0.3, -0.25) is 5.41 Å². The first-order chi connectivity index (χ1) is 13.7. The number of carbonyl (C=O) groups excluding carboxylic acids is 1. The molecule has 6 nitrogen and oxygen atoms in total. The van der Waals surface area contributed by atoms with E-state index in [2.05, 4.69) is 29.5 Å². The average molecular weight is 395 g/mol. The highest BCUT2D eigenvalue weighted by Gasteiger charge is 2.27. The molecule has 2 amide bonds. The molecular weight excluding hydrogens is 369 g/mol. The zero-order valence-electron chi connectivity index (χ0n) is 16.7. The lowest BCUT2D eigenvalue weighted by molar-refractivity contribution is 0.251. The van der Waals surface area contributed by atoms with Crippen LogP contribution in [0, 0.1) is 16.8 Å². The van der Waals surface area contributed by atoms with E-state index in [1.165, 1.54) is 6.20 Å². The fourth-order valence-electron chi connectivity index (χ4n) is 3.45. The highest BCUT2D eigenvalue weighted by Crippen LogP contribution is 2.37. The number of urea groups is 1. The predicted molar refractivity (Wildman–Crippen MR) is 112 cm³/mol. The number of benzene rings is 1. The number of halogens is 1. The normalized spacial score (nSPS) is 15.7. The molecular formula is C22H26FN5O. The summed E-state index contributed by atoms with van der Waals surface area (Å²) in [7, 11) is 0. The van der Waals surface area contributed by atoms with E-state index < -0.39 is 12.0 Å². The number of carbonyl (C=O) groups is 1. The van der Waals surface area contributed by atoms with E-state index in [4.69, 9.17) is 11.1 Å². The molecule has 0 unspecified atom stereocenters. The minimum atomic E-state index is -0.607. The molecule has 0 spiro atoms. The SMILES string of the molecule is CC1(C)CCC(C(=N)c2cccc(NC(=O)NCc3cccnc3F)c2)=C(N)C1. The molecule has 0 saturated carbocycles. The van der Waals surface area contributed by atoms with E-state index in [1.807, 2.05) is 6.07 Å². The number of hydrogen-bond donors (Lipinski definition) is 4. The largest absolute Gasteiger partial charge is 0.402 e. The van der Waals surface area contributed by atoms with Gasteiger partial charge in [-0.1, -0.05) is 32.0 Å². The Morgan fingerprint density at radius 3 is 2.83 bits per heavy atom. The maximum absolute atomic E-state index is 13.5. The van der Waals surface area contributed by atoms with Crippen LogP contribution >= 0.6 is 0 Å². The van der Waals surface area contributed by atoms with Crippen LogP contribution in [0.1, 0.15) is 44.2 Å². The smallest absolute Gasteiger partial charge is 0.319 e. The molecule has 1 aromatic carbocycles. The highest BCUT2D eigenvalue weighted by molar-refractivity contribution is 6.11. The molecule has 0 saturated heterocycles. The third-order valence-corrected chi connectivity index (χ3v) is 5.10. The van der Waals surface area contributed by atoms with Gasteiger partial charge in [-0.2, -0.15) is 4.39 Å². The second-order valence-corrected chi connectivity index (χ2v) is 8.06. The summed E-state index contributed by atoms with van der Waals surface area (Å²) in [4.78, 5) is 15.7. The van der Waals surface area contributed by atoms with Gasteiger partial charge in [-0.05, 0) is 48.4 Å². The van der Waals surface area contributed by atoms with Crippen LogP contribution in [0.15, 0.2) is 53.9 Å². The lowest BCUT2D eigenvalue weighted by Gasteiger charge is -2.31. The standard InChI is InChI=1S/C22H26FN5O/c1-22(2)9-8-17(18(24)12-22)19(25)14-5-3-7-16(11-14)28-21(29)27-13-15-6-4-10-26-20(15)23/h3-7,10-11,25H,8-9,12-13,24H2,1-2H3,(H2,27,28,29). The van der Waals surface area contributed by atoms with Crippen molar-refractivity contribution < 1.29 is 9.18 Å². The van der Waals surface area contributed by atoms with Gasteiger partial charge in [0.2, 0.25) is 5.95 Å². The number of anilines is 1. The Bertz CT molecular complexity index is 967. The summed E-state index contributed by atoms with van der Waals surface area (Å²) in [6, 6.07) is 9.80. The van der Waals surface area contributed by atoms with Crippen LogP contribution < -0.4 is 16.4 Å². The zero-order chi connectivity index (χ0) is 21.0. The van der Waals surface area contributed by atoms with Gasteiger partial charge in [0, 0.05) is 35.3 Å². The lowest BCUT2D eigenvalue weighted by atomic mass is 9.75. The van der Waals surface area contributed by atoms with Crippen molar-refractivity contribution in [2.45, 2.75) is 39.7 Å². The highest BCUT2D eigenvalue weighted by atomic mass is 19.1. The number of nitrogens with zero attached hydrogens (tertiary/aromatic N) is 1. The van der Waals surface area contributed by atoms with Gasteiger partial charge < -0.3 is 16.4 Å². The maximum Gasteiger partial charge on any atom is 0.319 e. The van der Waals surface area contributed by atoms with Crippen molar-refractivity contribution in [1.29, 1.82) is 5.41 Å². The molecule has 0 atom stereocenters. The molecule has 5 N–H and O–H groups in total. The first-order valence-electron chi connectivity index (χ1n) is 9.56. The van der Waals surface area contributed by atoms with Crippen LogP contribution in [-0.2, 0) is 6.54 Å². The van der Waals surface area contributed by atoms with Gasteiger partial charge in [0.05, 0.1) is 5.71 Å². The van der Waals surface area contributed by atoms with Crippen molar-refractivity contribution in [3.8, 4) is 0 Å². The number of rotatable bonds is 5. The van der Waals surface area contributed by atoms with Crippen molar-refractivity contribution in [1.82, 2.24) is 10.3 Å². The summed E-state index contributed by atoms with van der Waals surface area (Å²) >= 11 is 0. The summed E-state index contributed by atoms with van der Waals surface area (Å²) in [5, 5.41) is 13.9. The van der Waals surface area contributed by atoms with E-state index in [1.54, 1.807) is 30.3 Å². The predicted octanol–water partition coefficient (Wildman–Crippen LogP) is 4.33. The molecule has 1 heterocycles. The fourth-order valence-corrected chi connectivity index (χ4v) is 3.45. The van der Waals surface area contributed by atoms with Gasteiger partial charge in [0.15, 0.2) is 0 Å². The monoisotopic (exact) mass is 395 g/mol. The van der Waals surface area contributed by atoms with Crippen LogP contribution in [0.3, 0.4) is 0 Å². The molecule has 2 aromatic rings. The lowest BCUT2D eigenvalue weighted by Crippen LogP contribution is -2.28. The van der Waals surface area contributed by atoms with Crippen LogP contribution in [0.2, 0.25) is 0 Å². The zero-order valence-corrected chi connectivity index (χ0v) is 16.7. The van der Waals surface area contributed by atoms with E-state index in [9.17, 15) is 9.18 Å². The number of nitrogens with one attached hydrogen (secondary N) is 3. The van der Waals surface area contributed by atoms with E-state index >= 15 is 0 Å². The number of hydrogen-bond acceptors (Lipinski definition) is 4. The van der Waals surface area contributed by atoms with Gasteiger partial charge in [0.1, 0.15) is 0 Å². The van der Waals surface area contributed by atoms with E-state index in [0.29, 0.717) is 22.5 Å². The summed E-state index contributed by atoms with van der Waals surface area (Å²) in [5.41, 5.74) is 9.97. The molecule has 0 bridgehead atoms. The van der Waals surface area contributed by atoms with Crippen molar-refractivity contribution in [3.63, 3.8) is 0 Å². The quantitative estimate of drug-likeness (QED) is 0.447. The third-order valence-electron chi connectivity index (χ3n) is 5.10. The summed E-state index contributed by atoms with van der Waals surface area (Å²) in [6.07, 6.45) is 3.88. The van der Waals surface area contributed by atoms with Crippen LogP contribution in [0.5, 0.6) is 0 Å². The van der Waals surface area contributed by atoms with Crippen molar-refractivity contribution >= 4 is 17.4 Å². The Morgan fingerprint density at radius 1 is 1.31 bits per heavy atom. The van der Waals surface area contributed by atoms with E-state index in [0.717, 1.165) is 30.5 Å². The molecule has 0 fully saturated rings. The van der Waals surface area contributed by atoms with Crippen LogP contribution in [-0.4, -0.2) is 16.7 Å². The third kappa shape index (κ3) is 5.19. The number of pyridine rings is 1. The Labute approximate surface area is 169 Å². The topological polar surface area (TPSA) is 104 Å². The second-order valence-electron chi connectivity index (χ2n) is 8.06. The second kappa shape index (κ2) is 8.43. The minimum Gasteiger partial charge on any atom is -0.402 e. The number of nitrogens with two attached hydrogens (primary N) is 1. The Morgan fingerprint density at radius 2 is 2.10 bits per heavy atom. The maximum atomic E-state index is 13.5. The van der Waals surface area contributed by atoms with Gasteiger partial charge in [-0.25, -0.2) is 9.78 Å². The first kappa shape index (κ1) is 20.5. The number of allylic oxidation sites excluding steroid dienone is 2. The van der Waals surface area contributed by atoms with Gasteiger partial charge in [-0.15, -0.1) is 0 Å². The van der Waals surface area contributed by atoms with Crippen LogP contribution in [0.4, 0.5) is 14.9 Å². The number of amides is 2. The van der Waals surface area contributed by atoms with Gasteiger partial charge >= 0.3 is 6.03 Å². The first-order valence-corrected chi connectivity index (χ1v) is 9.56. The molecule has 3 rings (SSSR count). The minimum absolute atomic E-state index is 0.0280. The molecule has 0 aliphatic heterocycles. The number of aromatic nitrogens is 1. The molecule has 1 aliphatic carbocycles. The summed E-state index contributed by atoms with van der Waals surface area (Å²) in [6.45, 7) is 4.39. The van der Waals surface area contributed by atoms with Crippen molar-refractivity contribution in [2.24, 2.45) is 11.1 Å². The average Bonchev–Trinajstić information content (AvgIpc) is 2.66. The molecule has 0 radical (unpaired) electrons. The molecule has 152 valence electrons. The molecule has 29 heavy (non-hydrogen) atoms. The van der Waals surface area contributed by atoms with Crippen LogP contribution in [0.25, 0.3) is 0 Å².